The van der Waals surface area contributed by atoms with Gasteiger partial charge in [0.25, 0.3) is 0 Å². The minimum Gasteiger partial charge on any atom is -0.350 e. The van der Waals surface area contributed by atoms with E-state index in [4.69, 9.17) is 4.98 Å². The zero-order chi connectivity index (χ0) is 17.0. The highest BCUT2D eigenvalue weighted by molar-refractivity contribution is 7.12. The van der Waals surface area contributed by atoms with Crippen molar-refractivity contribution in [2.75, 3.05) is 7.05 Å². The van der Waals surface area contributed by atoms with Crippen molar-refractivity contribution in [2.45, 2.75) is 53.6 Å². The van der Waals surface area contributed by atoms with Crippen LogP contribution in [0, 0.1) is 20.8 Å². The Balaban J connectivity index is 1.89. The Bertz CT molecular complexity index is 665. The van der Waals surface area contributed by atoms with Gasteiger partial charge in [0.1, 0.15) is 10.0 Å². The molecule has 0 aliphatic heterocycles. The molecule has 0 aliphatic carbocycles. The lowest BCUT2D eigenvalue weighted by Gasteiger charge is -2.09. The topological polar surface area (TPSA) is 62.2 Å². The van der Waals surface area contributed by atoms with Crippen LogP contribution in [0.15, 0.2) is 4.99 Å². The molecule has 2 N–H and O–H groups in total. The molecule has 7 heteroatoms. The number of hydrogen-bond acceptors (Lipinski definition) is 5. The molecule has 0 fully saturated rings. The van der Waals surface area contributed by atoms with Gasteiger partial charge in [0, 0.05) is 16.8 Å². The van der Waals surface area contributed by atoms with Crippen molar-refractivity contribution in [1.82, 2.24) is 20.6 Å². The number of thiazole rings is 2. The number of aliphatic imine (C=N–C) groups is 1. The van der Waals surface area contributed by atoms with E-state index >= 15 is 0 Å². The first-order valence-corrected chi connectivity index (χ1v) is 9.37. The summed E-state index contributed by atoms with van der Waals surface area (Å²) >= 11 is 3.47. The minimum atomic E-state index is 0.466. The van der Waals surface area contributed by atoms with Gasteiger partial charge in [-0.15, -0.1) is 22.7 Å². The molecule has 0 radical (unpaired) electrons. The third-order valence-corrected chi connectivity index (χ3v) is 5.59. The standard InChI is InChI=1S/C16H25N5S2/c1-9(2)15-12(5)23-14(21-15)8-19-16(17-6)18-7-13-20-10(3)11(4)22-13/h9H,7-8H2,1-6H3,(H2,17,18,19). The molecule has 0 saturated carbocycles. The lowest BCUT2D eigenvalue weighted by Crippen LogP contribution is -2.36. The maximum Gasteiger partial charge on any atom is 0.191 e. The summed E-state index contributed by atoms with van der Waals surface area (Å²) in [5.74, 6) is 1.24. The van der Waals surface area contributed by atoms with E-state index in [1.165, 1.54) is 15.4 Å². The molecule has 126 valence electrons. The van der Waals surface area contributed by atoms with Crippen molar-refractivity contribution >= 4 is 28.6 Å². The molecular weight excluding hydrogens is 326 g/mol. The zero-order valence-corrected chi connectivity index (χ0v) is 16.3. The van der Waals surface area contributed by atoms with E-state index in [9.17, 15) is 0 Å². The van der Waals surface area contributed by atoms with Gasteiger partial charge in [-0.3, -0.25) is 4.99 Å². The van der Waals surface area contributed by atoms with Crippen LogP contribution in [0.5, 0.6) is 0 Å². The molecule has 2 aromatic heterocycles. The number of nitrogens with zero attached hydrogens (tertiary/aromatic N) is 3. The van der Waals surface area contributed by atoms with Gasteiger partial charge >= 0.3 is 0 Å². The minimum absolute atomic E-state index is 0.466. The van der Waals surface area contributed by atoms with E-state index in [2.05, 4.69) is 48.3 Å². The van der Waals surface area contributed by atoms with Crippen LogP contribution in [0.4, 0.5) is 0 Å². The van der Waals surface area contributed by atoms with E-state index in [1.807, 2.05) is 6.92 Å². The summed E-state index contributed by atoms with van der Waals surface area (Å²) in [6.45, 7) is 12.0. The van der Waals surface area contributed by atoms with Crippen LogP contribution in [0.25, 0.3) is 0 Å². The fourth-order valence-electron chi connectivity index (χ4n) is 2.23. The molecule has 0 aromatic carbocycles. The largest absolute Gasteiger partial charge is 0.350 e. The average Bonchev–Trinajstić information content (AvgIpc) is 3.02. The second-order valence-corrected chi connectivity index (χ2v) is 8.31. The summed E-state index contributed by atoms with van der Waals surface area (Å²) in [6.07, 6.45) is 0. The highest BCUT2D eigenvalue weighted by Crippen LogP contribution is 2.23. The molecular formula is C16H25N5S2. The molecule has 2 rings (SSSR count). The fourth-order valence-corrected chi connectivity index (χ4v) is 4.13. The molecule has 23 heavy (non-hydrogen) atoms. The number of rotatable bonds is 5. The number of aryl methyl sites for hydroxylation is 3. The summed E-state index contributed by atoms with van der Waals surface area (Å²) in [5, 5.41) is 8.80. The van der Waals surface area contributed by atoms with E-state index in [-0.39, 0.29) is 0 Å². The van der Waals surface area contributed by atoms with Gasteiger partial charge in [0.2, 0.25) is 0 Å². The van der Waals surface area contributed by atoms with Crippen molar-refractivity contribution in [1.29, 1.82) is 0 Å². The van der Waals surface area contributed by atoms with Crippen molar-refractivity contribution in [2.24, 2.45) is 4.99 Å². The molecule has 0 unspecified atom stereocenters. The Hall–Kier alpha value is -1.47. The SMILES string of the molecule is CN=C(NCc1nc(C)c(C)s1)NCc1nc(C(C)C)c(C)s1. The summed E-state index contributed by atoms with van der Waals surface area (Å²) in [4.78, 5) is 16.1. The third-order valence-electron chi connectivity index (χ3n) is 3.53. The van der Waals surface area contributed by atoms with E-state index < -0.39 is 0 Å². The first-order valence-electron chi connectivity index (χ1n) is 7.74. The van der Waals surface area contributed by atoms with Gasteiger partial charge < -0.3 is 10.6 Å². The van der Waals surface area contributed by atoms with E-state index in [1.54, 1.807) is 29.7 Å². The average molecular weight is 352 g/mol. The molecule has 0 atom stereocenters. The lowest BCUT2D eigenvalue weighted by atomic mass is 10.1. The van der Waals surface area contributed by atoms with Gasteiger partial charge in [-0.2, -0.15) is 0 Å². The molecule has 0 saturated heterocycles. The summed E-state index contributed by atoms with van der Waals surface area (Å²) in [7, 11) is 1.78. The van der Waals surface area contributed by atoms with Crippen molar-refractivity contribution < 1.29 is 0 Å². The Labute approximate surface area is 146 Å². The van der Waals surface area contributed by atoms with Crippen LogP contribution >= 0.6 is 22.7 Å². The highest BCUT2D eigenvalue weighted by Gasteiger charge is 2.11. The smallest absolute Gasteiger partial charge is 0.191 e. The van der Waals surface area contributed by atoms with Gasteiger partial charge in [-0.25, -0.2) is 9.97 Å². The van der Waals surface area contributed by atoms with Crippen LogP contribution in [0.2, 0.25) is 0 Å². The Kier molecular flexibility index (Phi) is 6.12. The number of aromatic nitrogens is 2. The number of hydrogen-bond donors (Lipinski definition) is 2. The van der Waals surface area contributed by atoms with Crippen LogP contribution in [-0.2, 0) is 13.1 Å². The molecule has 0 spiro atoms. The van der Waals surface area contributed by atoms with Crippen LogP contribution < -0.4 is 10.6 Å². The first kappa shape index (κ1) is 17.9. The van der Waals surface area contributed by atoms with Crippen LogP contribution in [0.1, 0.15) is 50.9 Å². The quantitative estimate of drug-likeness (QED) is 0.639. The van der Waals surface area contributed by atoms with Crippen molar-refractivity contribution in [3.8, 4) is 0 Å². The zero-order valence-electron chi connectivity index (χ0n) is 14.6. The van der Waals surface area contributed by atoms with E-state index in [0.29, 0.717) is 19.0 Å². The maximum atomic E-state index is 4.71. The molecule has 5 nitrogen and oxygen atoms in total. The molecule has 2 heterocycles. The second-order valence-electron chi connectivity index (χ2n) is 5.73. The van der Waals surface area contributed by atoms with Gasteiger partial charge in [-0.1, -0.05) is 13.8 Å². The predicted octanol–water partition coefficient (Wildman–Crippen LogP) is 3.51. The van der Waals surface area contributed by atoms with Crippen molar-refractivity contribution in [3.05, 3.63) is 31.2 Å². The predicted molar refractivity (Wildman–Crippen MR) is 99.6 cm³/mol. The number of nitrogens with one attached hydrogen (secondary N) is 2. The van der Waals surface area contributed by atoms with Crippen LogP contribution in [-0.4, -0.2) is 23.0 Å². The van der Waals surface area contributed by atoms with Gasteiger partial charge in [0.15, 0.2) is 5.96 Å². The van der Waals surface area contributed by atoms with Crippen LogP contribution in [0.3, 0.4) is 0 Å². The third kappa shape index (κ3) is 4.75. The van der Waals surface area contributed by atoms with E-state index in [0.717, 1.165) is 21.7 Å². The fraction of sp³-hybridized carbons (Fsp3) is 0.562. The molecule has 2 aromatic rings. The lowest BCUT2D eigenvalue weighted by molar-refractivity contribution is 0.780. The monoisotopic (exact) mass is 351 g/mol. The highest BCUT2D eigenvalue weighted by atomic mass is 32.1. The summed E-state index contributed by atoms with van der Waals surface area (Å²) in [5.41, 5.74) is 2.30. The second kappa shape index (κ2) is 7.88. The van der Waals surface area contributed by atoms with Crippen molar-refractivity contribution in [3.63, 3.8) is 0 Å². The summed E-state index contributed by atoms with van der Waals surface area (Å²) in [6, 6.07) is 0. The Morgan fingerprint density at radius 1 is 1.00 bits per heavy atom. The van der Waals surface area contributed by atoms with Gasteiger partial charge in [0.05, 0.1) is 24.5 Å². The Morgan fingerprint density at radius 3 is 2.00 bits per heavy atom. The Morgan fingerprint density at radius 2 is 1.57 bits per heavy atom. The summed E-state index contributed by atoms with van der Waals surface area (Å²) < 4.78 is 0. The molecule has 0 amide bonds. The molecule has 0 aliphatic rings. The molecule has 0 bridgehead atoms. The maximum absolute atomic E-state index is 4.71. The normalized spacial score (nSPS) is 12.0. The van der Waals surface area contributed by atoms with Gasteiger partial charge in [-0.05, 0) is 26.7 Å². The first-order chi connectivity index (χ1) is 10.9. The number of guanidine groups is 1.